The number of nitrogens with zero attached hydrogens (tertiary/aromatic N) is 3. The highest BCUT2D eigenvalue weighted by Gasteiger charge is 2.38. The van der Waals surface area contributed by atoms with E-state index in [1.807, 2.05) is 76.4 Å². The molecule has 1 saturated heterocycles. The third-order valence-electron chi connectivity index (χ3n) is 10.2. The van der Waals surface area contributed by atoms with Gasteiger partial charge in [-0.3, -0.25) is 4.40 Å². The molecule has 3 aliphatic rings. The van der Waals surface area contributed by atoms with Crippen molar-refractivity contribution in [2.45, 2.75) is 110 Å². The Hall–Kier alpha value is -4.29. The van der Waals surface area contributed by atoms with E-state index in [2.05, 4.69) is 16.6 Å². The predicted octanol–water partition coefficient (Wildman–Crippen LogP) is 9.54. The van der Waals surface area contributed by atoms with E-state index in [9.17, 15) is 18.0 Å². The lowest BCUT2D eigenvalue weighted by atomic mass is 9.92. The van der Waals surface area contributed by atoms with Crippen molar-refractivity contribution in [1.29, 1.82) is 0 Å². The van der Waals surface area contributed by atoms with Crippen molar-refractivity contribution in [2.24, 2.45) is 0 Å². The van der Waals surface area contributed by atoms with Gasteiger partial charge in [0.2, 0.25) is 0 Å². The van der Waals surface area contributed by atoms with Gasteiger partial charge in [-0.1, -0.05) is 18.2 Å². The second-order valence-electron chi connectivity index (χ2n) is 15.4. The number of aryl methyl sites for hydroxylation is 1. The molecule has 0 radical (unpaired) electrons. The highest BCUT2D eigenvalue weighted by molar-refractivity contribution is 5.83. The van der Waals surface area contributed by atoms with E-state index in [4.69, 9.17) is 23.9 Å². The molecule has 7 rings (SSSR count). The number of aromatic nitrogens is 2. The molecule has 12 heteroatoms. The van der Waals surface area contributed by atoms with Crippen molar-refractivity contribution in [3.8, 4) is 33.9 Å². The quantitative estimate of drug-likeness (QED) is 0.192. The Morgan fingerprint density at radius 2 is 1.74 bits per heavy atom. The van der Waals surface area contributed by atoms with Crippen LogP contribution in [-0.2, 0) is 19.0 Å². The number of alkyl halides is 3. The van der Waals surface area contributed by atoms with Gasteiger partial charge in [0.25, 0.3) is 0 Å². The molecule has 6 bridgehead atoms. The van der Waals surface area contributed by atoms with Crippen molar-refractivity contribution in [3.05, 3.63) is 65.4 Å². The monoisotopic (exact) mass is 737 g/mol. The molecule has 0 unspecified atom stereocenters. The normalized spacial score (nSPS) is 20.5. The first kappa shape index (κ1) is 38.4. The number of carbonyl (C=O) groups is 1. The lowest BCUT2D eigenvalue weighted by Gasteiger charge is -2.42. The molecule has 9 nitrogen and oxygen atoms in total. The molecule has 3 aliphatic heterocycles. The van der Waals surface area contributed by atoms with Crippen LogP contribution in [0.1, 0.15) is 89.5 Å². The Balaban J connectivity index is 1.57. The molecule has 0 aliphatic carbocycles. The van der Waals surface area contributed by atoms with Crippen molar-refractivity contribution in [3.63, 3.8) is 0 Å². The van der Waals surface area contributed by atoms with Crippen LogP contribution in [0.5, 0.6) is 11.5 Å². The molecular formula is C41H50F3N3O6. The Bertz CT molecular complexity index is 1960. The second kappa shape index (κ2) is 14.9. The molecule has 0 N–H and O–H groups in total. The minimum absolute atomic E-state index is 0.191. The summed E-state index contributed by atoms with van der Waals surface area (Å²) in [5.41, 5.74) is 4.72. The zero-order valence-electron chi connectivity index (χ0n) is 31.9. The average Bonchev–Trinajstić information content (AvgIpc) is 3.54. The number of methoxy groups -OCH3 is 1. The topological polar surface area (TPSA) is 83.8 Å². The van der Waals surface area contributed by atoms with Crippen LogP contribution in [0.15, 0.2) is 48.7 Å². The summed E-state index contributed by atoms with van der Waals surface area (Å²) in [6.45, 7) is 15.8. The summed E-state index contributed by atoms with van der Waals surface area (Å²) in [5, 5.41) is 0. The number of halogens is 3. The van der Waals surface area contributed by atoms with Crippen molar-refractivity contribution in [1.82, 2.24) is 9.38 Å². The summed E-state index contributed by atoms with van der Waals surface area (Å²) in [5.74, 6) is 0.423. The maximum Gasteiger partial charge on any atom is 0.573 e. The molecule has 53 heavy (non-hydrogen) atoms. The molecular weight excluding hydrogens is 687 g/mol. The lowest BCUT2D eigenvalue weighted by Crippen LogP contribution is -2.45. The molecule has 0 spiro atoms. The van der Waals surface area contributed by atoms with Crippen molar-refractivity contribution >= 4 is 17.4 Å². The fourth-order valence-corrected chi connectivity index (χ4v) is 7.28. The average molecular weight is 738 g/mol. The van der Waals surface area contributed by atoms with Gasteiger partial charge in [0.1, 0.15) is 23.0 Å². The first-order chi connectivity index (χ1) is 24.9. The molecule has 0 amide bonds. The number of imidazole rings is 1. The number of hydrogen-bond acceptors (Lipinski definition) is 8. The van der Waals surface area contributed by atoms with Crippen LogP contribution in [-0.4, -0.2) is 65.8 Å². The van der Waals surface area contributed by atoms with Crippen LogP contribution in [0.2, 0.25) is 0 Å². The number of benzene rings is 2. The summed E-state index contributed by atoms with van der Waals surface area (Å²) >= 11 is 0. The standard InChI is InChI=1S/C41H50F3N3O6/c1-25-12-9-10-21-50-40(7)17-19-46(20-18-40)37-34(35(38(48)49-8)53-39(4,5)6)26(2)27(3)36-45-32(24-47(36)37)29-14-11-13-28(22-29)31-23-30(52-41(42,43)44)15-16-33(31)51-25/h11,13-16,22-25,35H,9-10,12,17-21H2,1-8H3/t25-,35-/m0/s1. The summed E-state index contributed by atoms with van der Waals surface area (Å²) in [6.07, 6.45) is -0.0843. The first-order valence-electron chi connectivity index (χ1n) is 18.3. The van der Waals surface area contributed by atoms with E-state index in [-0.39, 0.29) is 17.5 Å². The van der Waals surface area contributed by atoms with Crippen LogP contribution < -0.4 is 14.4 Å². The van der Waals surface area contributed by atoms with Crippen LogP contribution in [0.25, 0.3) is 28.0 Å². The molecule has 286 valence electrons. The SMILES string of the molecule is COC(=O)[C@@H](OC(C)(C)C)c1c(C)c(C)c2nc3cn2c1N1CCC(C)(CC1)OCCCC[C@H](C)Oc1ccc(OC(F)(F)F)cc1-c1cccc-3c1. The molecule has 2 atom stereocenters. The third-order valence-corrected chi connectivity index (χ3v) is 10.2. The lowest BCUT2D eigenvalue weighted by molar-refractivity contribution is -0.274. The largest absolute Gasteiger partial charge is 0.573 e. The Labute approximate surface area is 309 Å². The minimum atomic E-state index is -4.85. The van der Waals surface area contributed by atoms with E-state index in [1.165, 1.54) is 25.3 Å². The van der Waals surface area contributed by atoms with E-state index in [0.29, 0.717) is 42.3 Å². The van der Waals surface area contributed by atoms with Gasteiger partial charge >= 0.3 is 12.3 Å². The van der Waals surface area contributed by atoms with Gasteiger partial charge in [0.15, 0.2) is 6.10 Å². The van der Waals surface area contributed by atoms with Crippen molar-refractivity contribution < 1.29 is 41.7 Å². The van der Waals surface area contributed by atoms with Crippen LogP contribution in [0, 0.1) is 13.8 Å². The first-order valence-corrected chi connectivity index (χ1v) is 18.3. The van der Waals surface area contributed by atoms with Crippen LogP contribution >= 0.6 is 0 Å². The number of carbonyl (C=O) groups excluding carboxylic acids is 1. The summed E-state index contributed by atoms with van der Waals surface area (Å²) in [6, 6.07) is 11.7. The molecule has 5 heterocycles. The zero-order chi connectivity index (χ0) is 38.3. The fourth-order valence-electron chi connectivity index (χ4n) is 7.28. The molecule has 2 aromatic carbocycles. The van der Waals surface area contributed by atoms with Gasteiger partial charge in [-0.05, 0) is 122 Å². The van der Waals surface area contributed by atoms with Gasteiger partial charge in [-0.25, -0.2) is 9.78 Å². The van der Waals surface area contributed by atoms with Gasteiger partial charge in [-0.15, -0.1) is 13.2 Å². The van der Waals surface area contributed by atoms with Crippen LogP contribution in [0.4, 0.5) is 19.0 Å². The van der Waals surface area contributed by atoms with Gasteiger partial charge in [0, 0.05) is 42.6 Å². The van der Waals surface area contributed by atoms with E-state index in [1.54, 1.807) is 0 Å². The van der Waals surface area contributed by atoms with Gasteiger partial charge in [-0.2, -0.15) is 0 Å². The molecule has 2 aromatic heterocycles. The Morgan fingerprint density at radius 3 is 2.42 bits per heavy atom. The summed E-state index contributed by atoms with van der Waals surface area (Å²) < 4.78 is 71.0. The van der Waals surface area contributed by atoms with Gasteiger partial charge in [0.05, 0.1) is 30.1 Å². The number of anilines is 1. The number of ether oxygens (including phenoxy) is 5. The van der Waals surface area contributed by atoms with Crippen molar-refractivity contribution in [2.75, 3.05) is 31.7 Å². The maximum absolute atomic E-state index is 13.6. The van der Waals surface area contributed by atoms with E-state index in [0.717, 1.165) is 65.8 Å². The Kier molecular flexibility index (Phi) is 10.8. The number of hydrogen-bond donors (Lipinski definition) is 0. The van der Waals surface area contributed by atoms with Gasteiger partial charge < -0.3 is 28.6 Å². The third kappa shape index (κ3) is 8.59. The van der Waals surface area contributed by atoms with Crippen LogP contribution in [0.3, 0.4) is 0 Å². The Morgan fingerprint density at radius 1 is 1.02 bits per heavy atom. The molecule has 0 saturated carbocycles. The zero-order valence-corrected chi connectivity index (χ0v) is 31.9. The second-order valence-corrected chi connectivity index (χ2v) is 15.4. The predicted molar refractivity (Wildman–Crippen MR) is 198 cm³/mol. The molecule has 1 fully saturated rings. The summed E-state index contributed by atoms with van der Waals surface area (Å²) in [7, 11) is 1.37. The maximum atomic E-state index is 13.6. The minimum Gasteiger partial charge on any atom is -0.490 e. The number of pyridine rings is 1. The van der Waals surface area contributed by atoms with E-state index < -0.39 is 24.0 Å². The number of piperidine rings is 1. The molecule has 4 aromatic rings. The van der Waals surface area contributed by atoms with E-state index >= 15 is 0 Å². The smallest absolute Gasteiger partial charge is 0.490 e. The fraction of sp³-hybridized carbons (Fsp3) is 0.512. The number of fused-ring (bicyclic) bond motifs is 8. The number of esters is 1. The highest BCUT2D eigenvalue weighted by Crippen LogP contribution is 2.42. The summed E-state index contributed by atoms with van der Waals surface area (Å²) in [4.78, 5) is 21.0. The highest BCUT2D eigenvalue weighted by atomic mass is 19.4. The number of rotatable bonds is 4.